The number of thioether (sulfide) groups is 1. The van der Waals surface area contributed by atoms with E-state index in [-0.39, 0.29) is 16.5 Å². The van der Waals surface area contributed by atoms with Crippen molar-refractivity contribution in [3.8, 4) is 5.75 Å². The highest BCUT2D eigenvalue weighted by Gasteiger charge is 2.20. The summed E-state index contributed by atoms with van der Waals surface area (Å²) in [5.74, 6) is 0.620. The third kappa shape index (κ3) is 7.08. The zero-order valence-corrected chi connectivity index (χ0v) is 15.5. The van der Waals surface area contributed by atoms with Gasteiger partial charge < -0.3 is 4.74 Å². The number of benzene rings is 1. The van der Waals surface area contributed by atoms with Crippen LogP contribution in [-0.2, 0) is 14.8 Å². The number of nitrogens with one attached hydrogen (secondary N) is 1. The van der Waals surface area contributed by atoms with Crippen LogP contribution in [0.1, 0.15) is 32.6 Å². The molecule has 0 radical (unpaired) electrons. The van der Waals surface area contributed by atoms with E-state index >= 15 is 0 Å². The number of unbranched alkanes of at least 4 members (excludes halogenated alkanes) is 1. The molecular weight excluding hydrogens is 352 g/mol. The molecule has 0 bridgehead atoms. The van der Waals surface area contributed by atoms with Crippen LogP contribution >= 0.6 is 11.8 Å². The molecule has 1 amide bonds. The molecule has 7 nitrogen and oxygen atoms in total. The molecule has 1 rings (SSSR count). The molecule has 1 aromatic carbocycles. The molecule has 0 aliphatic carbocycles. The molecule has 0 fully saturated rings. The van der Waals surface area contributed by atoms with E-state index in [9.17, 15) is 18.4 Å². The molecule has 0 heterocycles. The van der Waals surface area contributed by atoms with E-state index in [1.54, 1.807) is 11.8 Å². The third-order valence-electron chi connectivity index (χ3n) is 3.08. The van der Waals surface area contributed by atoms with Crippen molar-refractivity contribution in [2.24, 2.45) is 0 Å². The first-order valence-corrected chi connectivity index (χ1v) is 10.5. The number of hydrazine groups is 1. The second kappa shape index (κ2) is 10.5. The van der Waals surface area contributed by atoms with Crippen LogP contribution in [0.3, 0.4) is 0 Å². The van der Waals surface area contributed by atoms with Gasteiger partial charge in [0.25, 0.3) is 15.9 Å². The maximum Gasteiger partial charge on any atom is 0.262 e. The molecular formula is C15H24N2O5S2. The van der Waals surface area contributed by atoms with E-state index in [0.29, 0.717) is 18.8 Å². The van der Waals surface area contributed by atoms with Gasteiger partial charge in [0, 0.05) is 6.42 Å². The Hall–Kier alpha value is -1.29. The van der Waals surface area contributed by atoms with Gasteiger partial charge in [0.1, 0.15) is 5.75 Å². The minimum Gasteiger partial charge on any atom is -0.494 e. The standard InChI is InChI=1S/C15H24N2O5S2/c1-3-4-11-22-13-7-9-14(10-8-13)24(20,21)16-17(19)15(18)6-5-12-23-2/h7-10,16,19H,3-6,11-12H2,1-2H3. The second-order valence-electron chi connectivity index (χ2n) is 5.07. The number of ether oxygens (including phenoxy) is 1. The zero-order valence-electron chi connectivity index (χ0n) is 13.9. The van der Waals surface area contributed by atoms with Gasteiger partial charge in [-0.3, -0.25) is 10.0 Å². The number of carbonyl (C=O) groups excluding carboxylic acids is 1. The van der Waals surface area contributed by atoms with Gasteiger partial charge in [-0.1, -0.05) is 18.2 Å². The first kappa shape index (κ1) is 20.8. The first-order chi connectivity index (χ1) is 11.4. The van der Waals surface area contributed by atoms with Crippen molar-refractivity contribution in [3.05, 3.63) is 24.3 Å². The average molecular weight is 377 g/mol. The van der Waals surface area contributed by atoms with Gasteiger partial charge in [-0.2, -0.15) is 11.8 Å². The molecule has 136 valence electrons. The maximum absolute atomic E-state index is 12.1. The predicted molar refractivity (Wildman–Crippen MR) is 93.4 cm³/mol. The lowest BCUT2D eigenvalue weighted by molar-refractivity contribution is -0.172. The molecule has 0 spiro atoms. The fourth-order valence-electron chi connectivity index (χ4n) is 1.74. The van der Waals surface area contributed by atoms with Gasteiger partial charge >= 0.3 is 0 Å². The number of hydrogen-bond donors (Lipinski definition) is 2. The number of amides is 1. The van der Waals surface area contributed by atoms with Crippen molar-refractivity contribution < 1.29 is 23.2 Å². The first-order valence-electron chi connectivity index (χ1n) is 7.66. The summed E-state index contributed by atoms with van der Waals surface area (Å²) in [5.41, 5.74) is 0. The lowest BCUT2D eigenvalue weighted by Gasteiger charge is -2.16. The molecule has 0 aliphatic heterocycles. The minimum atomic E-state index is -4.03. The Labute approximate surface area is 147 Å². The summed E-state index contributed by atoms with van der Waals surface area (Å²) in [6.07, 6.45) is 4.44. The van der Waals surface area contributed by atoms with Gasteiger partial charge in [0.05, 0.1) is 11.5 Å². The summed E-state index contributed by atoms with van der Waals surface area (Å²) >= 11 is 1.57. The average Bonchev–Trinajstić information content (AvgIpc) is 2.55. The fraction of sp³-hybridized carbons (Fsp3) is 0.533. The van der Waals surface area contributed by atoms with Gasteiger partial charge in [-0.15, -0.1) is 5.17 Å². The maximum atomic E-state index is 12.1. The van der Waals surface area contributed by atoms with Crippen LogP contribution in [0.4, 0.5) is 0 Å². The fourth-order valence-corrected chi connectivity index (χ4v) is 3.10. The second-order valence-corrected chi connectivity index (χ2v) is 7.72. The molecule has 0 aliphatic rings. The highest BCUT2D eigenvalue weighted by molar-refractivity contribution is 7.98. The zero-order chi connectivity index (χ0) is 18.0. The van der Waals surface area contributed by atoms with Crippen molar-refractivity contribution in [1.82, 2.24) is 10.0 Å². The minimum absolute atomic E-state index is 0.0291. The van der Waals surface area contributed by atoms with Crippen molar-refractivity contribution >= 4 is 27.7 Å². The monoisotopic (exact) mass is 376 g/mol. The van der Waals surface area contributed by atoms with E-state index in [1.165, 1.54) is 24.3 Å². The van der Waals surface area contributed by atoms with E-state index in [1.807, 2.05) is 18.0 Å². The molecule has 0 unspecified atom stereocenters. The number of rotatable bonds is 11. The molecule has 24 heavy (non-hydrogen) atoms. The van der Waals surface area contributed by atoms with Crippen LogP contribution in [-0.4, -0.2) is 43.3 Å². The number of nitrogens with zero attached hydrogens (tertiary/aromatic N) is 1. The number of hydrogen-bond acceptors (Lipinski definition) is 6. The highest BCUT2D eigenvalue weighted by atomic mass is 32.2. The van der Waals surface area contributed by atoms with E-state index in [4.69, 9.17) is 4.74 Å². The van der Waals surface area contributed by atoms with Gasteiger partial charge in [0.2, 0.25) is 0 Å². The van der Waals surface area contributed by atoms with Crippen molar-refractivity contribution in [2.45, 2.75) is 37.5 Å². The molecule has 2 N–H and O–H groups in total. The Balaban J connectivity index is 2.62. The molecule has 0 atom stereocenters. The van der Waals surface area contributed by atoms with Crippen LogP contribution < -0.4 is 9.57 Å². The smallest absolute Gasteiger partial charge is 0.262 e. The summed E-state index contributed by atoms with van der Waals surface area (Å²) in [4.78, 5) is 13.4. The van der Waals surface area contributed by atoms with Crippen LogP contribution in [0, 0.1) is 0 Å². The van der Waals surface area contributed by atoms with Gasteiger partial charge in [-0.05, 0) is 49.1 Å². The number of hydroxylamine groups is 1. The highest BCUT2D eigenvalue weighted by Crippen LogP contribution is 2.16. The van der Waals surface area contributed by atoms with Crippen LogP contribution in [0.5, 0.6) is 5.75 Å². The van der Waals surface area contributed by atoms with E-state index in [2.05, 4.69) is 0 Å². The Kier molecular flexibility index (Phi) is 9.12. The summed E-state index contributed by atoms with van der Waals surface area (Å²) in [6.45, 7) is 2.61. The number of carbonyl (C=O) groups is 1. The van der Waals surface area contributed by atoms with Crippen molar-refractivity contribution in [1.29, 1.82) is 0 Å². The Morgan fingerprint density at radius 2 is 1.96 bits per heavy atom. The molecule has 1 aromatic rings. The molecule has 0 aromatic heterocycles. The summed E-state index contributed by atoms with van der Waals surface area (Å²) in [7, 11) is -4.03. The molecule has 0 saturated heterocycles. The number of sulfonamides is 1. The summed E-state index contributed by atoms with van der Waals surface area (Å²) < 4.78 is 29.7. The van der Waals surface area contributed by atoms with Crippen molar-refractivity contribution in [3.63, 3.8) is 0 Å². The predicted octanol–water partition coefficient (Wildman–Crippen LogP) is 2.42. The van der Waals surface area contributed by atoms with Crippen LogP contribution in [0.15, 0.2) is 29.2 Å². The Morgan fingerprint density at radius 3 is 2.54 bits per heavy atom. The lowest BCUT2D eigenvalue weighted by Crippen LogP contribution is -2.43. The van der Waals surface area contributed by atoms with Crippen molar-refractivity contribution in [2.75, 3.05) is 18.6 Å². The van der Waals surface area contributed by atoms with E-state index in [0.717, 1.165) is 18.6 Å². The Morgan fingerprint density at radius 1 is 1.29 bits per heavy atom. The van der Waals surface area contributed by atoms with Gasteiger partial charge in [0.15, 0.2) is 0 Å². The van der Waals surface area contributed by atoms with Crippen LogP contribution in [0.2, 0.25) is 0 Å². The molecule has 9 heteroatoms. The summed E-state index contributed by atoms with van der Waals surface area (Å²) in [6, 6.07) is 5.78. The normalized spacial score (nSPS) is 11.3. The van der Waals surface area contributed by atoms with Gasteiger partial charge in [-0.25, -0.2) is 8.42 Å². The lowest BCUT2D eigenvalue weighted by atomic mass is 10.3. The SMILES string of the molecule is CCCCOc1ccc(S(=O)(=O)NN(O)C(=O)CCCSC)cc1. The Bertz CT molecular complexity index is 605. The largest absolute Gasteiger partial charge is 0.494 e. The summed E-state index contributed by atoms with van der Waals surface area (Å²) in [5, 5.41) is 9.60. The van der Waals surface area contributed by atoms with Crippen LogP contribution in [0.25, 0.3) is 0 Å². The van der Waals surface area contributed by atoms with E-state index < -0.39 is 15.9 Å². The topological polar surface area (TPSA) is 95.9 Å². The third-order valence-corrected chi connectivity index (χ3v) is 5.09. The molecule has 0 saturated carbocycles. The quantitative estimate of drug-likeness (QED) is 0.350.